The summed E-state index contributed by atoms with van der Waals surface area (Å²) in [5, 5.41) is 7.88. The maximum Gasteiger partial charge on any atom is 0.269 e. The summed E-state index contributed by atoms with van der Waals surface area (Å²) in [7, 11) is 1.60. The third-order valence-electron chi connectivity index (χ3n) is 6.48. The van der Waals surface area contributed by atoms with E-state index in [9.17, 15) is 18.8 Å². The largest absolute Gasteiger partial charge is 0.381 e. The maximum absolute atomic E-state index is 14.2. The number of nitrogens with two attached hydrogens (primary N) is 1. The van der Waals surface area contributed by atoms with Crippen LogP contribution in [0.2, 0.25) is 5.02 Å². The van der Waals surface area contributed by atoms with E-state index < -0.39 is 17.8 Å². The Morgan fingerprint density at radius 1 is 1.31 bits per heavy atom. The van der Waals surface area contributed by atoms with Crippen LogP contribution in [-0.2, 0) is 27.4 Å². The van der Waals surface area contributed by atoms with Crippen molar-refractivity contribution in [3.05, 3.63) is 64.6 Å². The van der Waals surface area contributed by atoms with Gasteiger partial charge in [0.25, 0.3) is 5.91 Å². The molecule has 1 fully saturated rings. The highest BCUT2D eigenvalue weighted by molar-refractivity contribution is 6.30. The standard InChI is InChI=1S/C25H27ClFN5O4/c1-36-18-9-16(10-18)32(17(14-33)12-29-11-15-5-4-7-20(26)23(15)27)22(34)13-31-21-8-3-2-6-19(21)24(30-31)25(28)35/h2-8,14,16-18,29H,9-13H2,1H3,(H2,28,35). The smallest absolute Gasteiger partial charge is 0.269 e. The van der Waals surface area contributed by atoms with Crippen LogP contribution in [0, 0.1) is 5.82 Å². The number of nitrogens with one attached hydrogen (secondary N) is 1. The molecule has 190 valence electrons. The van der Waals surface area contributed by atoms with Crippen molar-refractivity contribution in [1.29, 1.82) is 0 Å². The van der Waals surface area contributed by atoms with Gasteiger partial charge in [0.05, 0.1) is 16.6 Å². The molecule has 2 amide bonds. The second kappa shape index (κ2) is 11.2. The molecule has 2 aromatic carbocycles. The molecule has 36 heavy (non-hydrogen) atoms. The van der Waals surface area contributed by atoms with E-state index in [4.69, 9.17) is 22.1 Å². The highest BCUT2D eigenvalue weighted by atomic mass is 35.5. The average molecular weight is 516 g/mol. The molecule has 11 heteroatoms. The van der Waals surface area contributed by atoms with Crippen LogP contribution in [0.1, 0.15) is 28.9 Å². The molecule has 0 aliphatic heterocycles. The van der Waals surface area contributed by atoms with Gasteiger partial charge in [0.1, 0.15) is 24.7 Å². The summed E-state index contributed by atoms with van der Waals surface area (Å²) in [5.41, 5.74) is 6.49. The van der Waals surface area contributed by atoms with E-state index in [1.165, 1.54) is 15.6 Å². The number of hydrogen-bond donors (Lipinski definition) is 2. The summed E-state index contributed by atoms with van der Waals surface area (Å²) < 4.78 is 21.0. The van der Waals surface area contributed by atoms with E-state index in [1.54, 1.807) is 43.5 Å². The molecule has 0 bridgehead atoms. The average Bonchev–Trinajstić information content (AvgIpc) is 3.20. The number of primary amides is 1. The fraction of sp³-hybridized carbons (Fsp3) is 0.360. The van der Waals surface area contributed by atoms with Crippen LogP contribution < -0.4 is 11.1 Å². The summed E-state index contributed by atoms with van der Waals surface area (Å²) in [4.78, 5) is 39.1. The van der Waals surface area contributed by atoms with E-state index in [0.29, 0.717) is 35.6 Å². The molecule has 9 nitrogen and oxygen atoms in total. The molecule has 1 aliphatic carbocycles. The summed E-state index contributed by atoms with van der Waals surface area (Å²) in [6.07, 6.45) is 1.87. The molecule has 0 radical (unpaired) electrons. The van der Waals surface area contributed by atoms with Crippen molar-refractivity contribution < 1.29 is 23.5 Å². The lowest BCUT2D eigenvalue weighted by molar-refractivity contribution is -0.146. The lowest BCUT2D eigenvalue weighted by Gasteiger charge is -2.44. The monoisotopic (exact) mass is 515 g/mol. The van der Waals surface area contributed by atoms with Crippen LogP contribution >= 0.6 is 11.6 Å². The second-order valence-electron chi connectivity index (χ2n) is 8.72. The quantitative estimate of drug-likeness (QED) is 0.378. The van der Waals surface area contributed by atoms with Gasteiger partial charge >= 0.3 is 0 Å². The van der Waals surface area contributed by atoms with Crippen molar-refractivity contribution in [1.82, 2.24) is 20.0 Å². The minimum atomic E-state index is -0.806. The Balaban J connectivity index is 1.53. The van der Waals surface area contributed by atoms with E-state index in [1.807, 2.05) is 0 Å². The van der Waals surface area contributed by atoms with Gasteiger partial charge in [-0.05, 0) is 25.0 Å². The molecule has 1 saturated carbocycles. The van der Waals surface area contributed by atoms with Crippen molar-refractivity contribution in [3.63, 3.8) is 0 Å². The molecular weight excluding hydrogens is 489 g/mol. The van der Waals surface area contributed by atoms with Gasteiger partial charge in [0, 0.05) is 37.2 Å². The third-order valence-corrected chi connectivity index (χ3v) is 6.77. The fourth-order valence-corrected chi connectivity index (χ4v) is 4.70. The Hall–Kier alpha value is -3.34. The van der Waals surface area contributed by atoms with Crippen LogP contribution in [0.25, 0.3) is 10.9 Å². The number of ether oxygens (including phenoxy) is 1. The number of rotatable bonds is 11. The number of aldehydes is 1. The van der Waals surface area contributed by atoms with Gasteiger partial charge in [-0.3, -0.25) is 14.3 Å². The number of para-hydroxylation sites is 1. The third kappa shape index (κ3) is 5.25. The van der Waals surface area contributed by atoms with E-state index in [-0.39, 0.29) is 48.4 Å². The first-order chi connectivity index (χ1) is 17.3. The van der Waals surface area contributed by atoms with Gasteiger partial charge < -0.3 is 25.5 Å². The molecule has 1 aliphatic rings. The summed E-state index contributed by atoms with van der Waals surface area (Å²) in [5.74, 6) is -1.56. The van der Waals surface area contributed by atoms with E-state index >= 15 is 0 Å². The van der Waals surface area contributed by atoms with Crippen molar-refractivity contribution >= 4 is 40.6 Å². The molecule has 1 heterocycles. The highest BCUT2D eigenvalue weighted by Gasteiger charge is 2.39. The predicted molar refractivity (Wildman–Crippen MR) is 132 cm³/mol. The fourth-order valence-electron chi connectivity index (χ4n) is 4.51. The first-order valence-electron chi connectivity index (χ1n) is 11.5. The van der Waals surface area contributed by atoms with Crippen LogP contribution in [0.15, 0.2) is 42.5 Å². The zero-order chi connectivity index (χ0) is 25.8. The number of benzene rings is 2. The number of halogens is 2. The van der Waals surface area contributed by atoms with Crippen molar-refractivity contribution in [2.45, 2.75) is 44.1 Å². The first-order valence-corrected chi connectivity index (χ1v) is 11.9. The number of carbonyl (C=O) groups is 3. The normalized spacial score (nSPS) is 18.0. The van der Waals surface area contributed by atoms with Gasteiger partial charge in [-0.15, -0.1) is 0 Å². The van der Waals surface area contributed by atoms with Crippen LogP contribution in [0.5, 0.6) is 0 Å². The number of aromatic nitrogens is 2. The van der Waals surface area contributed by atoms with Crippen LogP contribution in [0.3, 0.4) is 0 Å². The second-order valence-corrected chi connectivity index (χ2v) is 9.13. The van der Waals surface area contributed by atoms with Crippen molar-refractivity contribution in [2.75, 3.05) is 13.7 Å². The first kappa shape index (κ1) is 25.7. The SMILES string of the molecule is COC1CC(N(C(=O)Cn2nc(C(N)=O)c3ccccc32)C(C=O)CNCc2cccc(Cl)c2F)C1. The van der Waals surface area contributed by atoms with Gasteiger partial charge in [0.2, 0.25) is 5.91 Å². The number of carbonyl (C=O) groups excluding carboxylic acids is 3. The number of fused-ring (bicyclic) bond motifs is 1. The highest BCUT2D eigenvalue weighted by Crippen LogP contribution is 2.30. The Morgan fingerprint density at radius 2 is 2.06 bits per heavy atom. The predicted octanol–water partition coefficient (Wildman–Crippen LogP) is 2.29. The molecule has 1 atom stereocenters. The summed E-state index contributed by atoms with van der Waals surface area (Å²) in [6.45, 7) is 0.0623. The number of hydrogen-bond acceptors (Lipinski definition) is 6. The molecule has 3 aromatic rings. The number of amides is 2. The molecule has 1 aromatic heterocycles. The Labute approximate surface area is 212 Å². The van der Waals surface area contributed by atoms with Gasteiger partial charge in [-0.25, -0.2) is 4.39 Å². The zero-order valence-corrected chi connectivity index (χ0v) is 20.5. The van der Waals surface area contributed by atoms with Gasteiger partial charge in [-0.2, -0.15) is 5.10 Å². The zero-order valence-electron chi connectivity index (χ0n) is 19.7. The molecular formula is C25H27ClFN5O4. The molecule has 0 saturated heterocycles. The lowest BCUT2D eigenvalue weighted by Crippen LogP contribution is -2.58. The Bertz CT molecular complexity index is 1280. The molecule has 4 rings (SSSR count). The van der Waals surface area contributed by atoms with Crippen molar-refractivity contribution in [2.24, 2.45) is 5.73 Å². The number of nitrogens with zero attached hydrogens (tertiary/aromatic N) is 3. The minimum absolute atomic E-state index is 0.00174. The molecule has 0 spiro atoms. The van der Waals surface area contributed by atoms with Crippen molar-refractivity contribution in [3.8, 4) is 0 Å². The van der Waals surface area contributed by atoms with Gasteiger partial charge in [-0.1, -0.05) is 41.9 Å². The van der Waals surface area contributed by atoms with E-state index in [0.717, 1.165) is 0 Å². The summed E-state index contributed by atoms with van der Waals surface area (Å²) >= 11 is 5.85. The molecule has 3 N–H and O–H groups in total. The topological polar surface area (TPSA) is 120 Å². The lowest BCUT2D eigenvalue weighted by atomic mass is 9.86. The van der Waals surface area contributed by atoms with Crippen LogP contribution in [-0.4, -0.2) is 64.6 Å². The van der Waals surface area contributed by atoms with Gasteiger partial charge in [0.15, 0.2) is 5.69 Å². The Morgan fingerprint density at radius 3 is 2.75 bits per heavy atom. The molecule has 1 unspecified atom stereocenters. The number of methoxy groups -OCH3 is 1. The summed E-state index contributed by atoms with van der Waals surface area (Å²) in [6, 6.07) is 10.7. The minimum Gasteiger partial charge on any atom is -0.381 e. The van der Waals surface area contributed by atoms with Crippen LogP contribution in [0.4, 0.5) is 4.39 Å². The maximum atomic E-state index is 14.2. The Kier molecular flexibility index (Phi) is 7.97. The van der Waals surface area contributed by atoms with E-state index in [2.05, 4.69) is 10.4 Å².